The Labute approximate surface area is 375 Å². The molecule has 13 N–H and O–H groups in total. The molecule has 0 saturated carbocycles. The number of esters is 1. The lowest BCUT2D eigenvalue weighted by atomic mass is 9.82. The van der Waals surface area contributed by atoms with Crippen LogP contribution < -0.4 is 11.1 Å². The SMILES string of the molecule is CNC(=O)C1[C@@H]2CC(O[C@@H]3OC[C@@H](O)[C@H](N)[C@@H]3O)/C=C/C=C/C=C/C=C/C=C/C=C/C=C/[C@H](C)[C@@H](O)C[C@H](C)OC(=O)CC(O)CC(O)CC[C@@H](O)[C@H](O)CC(O)CC(O)(C[C@@H]1O)O2. The van der Waals surface area contributed by atoms with E-state index in [9.17, 15) is 60.7 Å². The Morgan fingerprint density at radius 2 is 1.30 bits per heavy atom. The van der Waals surface area contributed by atoms with Crippen molar-refractivity contribution in [3.05, 3.63) is 85.1 Å². The lowest BCUT2D eigenvalue weighted by Gasteiger charge is -2.45. The summed E-state index contributed by atoms with van der Waals surface area (Å²) in [4.78, 5) is 25.6. The molecule has 0 radical (unpaired) electrons. The summed E-state index contributed by atoms with van der Waals surface area (Å²) in [6, 6.07) is -1.09. The number of allylic oxidation sites excluding steroid dienone is 12. The number of carbonyl (C=O) groups is 2. The highest BCUT2D eigenvalue weighted by atomic mass is 16.7. The van der Waals surface area contributed by atoms with Crippen LogP contribution in [0.2, 0.25) is 0 Å². The molecule has 0 aromatic heterocycles. The lowest BCUT2D eigenvalue weighted by Crippen LogP contribution is -2.59. The Morgan fingerprint density at radius 3 is 1.91 bits per heavy atom. The first-order valence-electron chi connectivity index (χ1n) is 22.0. The molecule has 0 aliphatic carbocycles. The van der Waals surface area contributed by atoms with Crippen LogP contribution in [0.3, 0.4) is 0 Å². The van der Waals surface area contributed by atoms with Crippen LogP contribution in [0.1, 0.15) is 71.6 Å². The Bertz CT molecular complexity index is 1620. The highest BCUT2D eigenvalue weighted by Gasteiger charge is 2.50. The number of cyclic esters (lactones) is 1. The number of rotatable bonds is 3. The maximum absolute atomic E-state index is 13.1. The van der Waals surface area contributed by atoms with Gasteiger partial charge in [-0.05, 0) is 26.2 Å². The van der Waals surface area contributed by atoms with Gasteiger partial charge >= 0.3 is 5.97 Å². The minimum atomic E-state index is -2.24. The van der Waals surface area contributed by atoms with E-state index in [1.165, 1.54) is 7.05 Å². The molecule has 18 heteroatoms. The molecular formula is C46H72N2O16. The molecule has 2 saturated heterocycles. The van der Waals surface area contributed by atoms with Crippen molar-refractivity contribution in [2.24, 2.45) is 17.6 Å². The molecule has 0 aromatic rings. The van der Waals surface area contributed by atoms with Crippen molar-refractivity contribution in [3.8, 4) is 0 Å². The average molecular weight is 909 g/mol. The van der Waals surface area contributed by atoms with E-state index in [-0.39, 0.29) is 44.6 Å². The smallest absolute Gasteiger partial charge is 0.308 e. The van der Waals surface area contributed by atoms with Crippen LogP contribution in [0, 0.1) is 11.8 Å². The number of ether oxygens (including phenoxy) is 4. The monoisotopic (exact) mass is 908 g/mol. The van der Waals surface area contributed by atoms with E-state index in [1.54, 1.807) is 61.6 Å². The van der Waals surface area contributed by atoms with E-state index < -0.39 is 135 Å². The van der Waals surface area contributed by atoms with Crippen LogP contribution in [0.25, 0.3) is 0 Å². The largest absolute Gasteiger partial charge is 0.462 e. The number of hydrogen-bond donors (Lipinski definition) is 12. The van der Waals surface area contributed by atoms with Gasteiger partial charge in [-0.2, -0.15) is 0 Å². The Balaban J connectivity index is 1.85. The Morgan fingerprint density at radius 1 is 0.703 bits per heavy atom. The zero-order valence-electron chi connectivity index (χ0n) is 36.9. The summed E-state index contributed by atoms with van der Waals surface area (Å²) in [5.74, 6) is -5.05. The standard InChI is InChI=1S/C46H72N2O16/c1-28-16-14-12-10-8-6-4-5-7-9-11-13-15-17-33(63-45-43(58)42(47)38(56)27-61-45)24-39-41(44(59)48-3)37(55)26-46(60,64-39)25-32(51)22-36(54)34(52)19-18-30(49)21-31(50)23-40(57)62-29(2)20-35(28)53/h4-17,28-39,41-43,45,49-56,58,60H,18-27,47H2,1-3H3,(H,48,59)/b5-4+,8-6+,9-7+,12-10+,13-11+,16-14+,17-15+/t28-,29-,30?,31?,32?,33?,34+,35-,36+,37-,38+,39-,41?,42-,43-,45-,46?/m0/s1. The molecule has 3 aliphatic heterocycles. The van der Waals surface area contributed by atoms with Crippen LogP contribution in [-0.2, 0) is 28.5 Å². The summed E-state index contributed by atoms with van der Waals surface area (Å²) in [7, 11) is 1.37. The van der Waals surface area contributed by atoms with Gasteiger partial charge in [-0.1, -0.05) is 92.0 Å². The number of aliphatic hydroxyl groups excluding tert-OH is 9. The average Bonchev–Trinajstić information content (AvgIpc) is 3.21. The van der Waals surface area contributed by atoms with Gasteiger partial charge in [0, 0.05) is 45.1 Å². The Kier molecular flexibility index (Phi) is 23.9. The minimum Gasteiger partial charge on any atom is -0.462 e. The molecule has 362 valence electrons. The van der Waals surface area contributed by atoms with E-state index in [0.29, 0.717) is 0 Å². The van der Waals surface area contributed by atoms with Gasteiger partial charge in [0.05, 0.1) is 86.0 Å². The molecule has 18 nitrogen and oxygen atoms in total. The van der Waals surface area contributed by atoms with Gasteiger partial charge in [-0.3, -0.25) is 9.59 Å². The predicted molar refractivity (Wildman–Crippen MR) is 234 cm³/mol. The molecule has 2 fully saturated rings. The fraction of sp³-hybridized carbons (Fsp3) is 0.652. The van der Waals surface area contributed by atoms with E-state index in [1.807, 2.05) is 37.3 Å². The number of hydrogen-bond acceptors (Lipinski definition) is 17. The number of carbonyl (C=O) groups excluding carboxylic acids is 2. The van der Waals surface area contributed by atoms with Gasteiger partial charge in [0.15, 0.2) is 12.1 Å². The van der Waals surface area contributed by atoms with Crippen molar-refractivity contribution < 1.29 is 79.6 Å². The molecule has 0 aromatic carbocycles. The van der Waals surface area contributed by atoms with Crippen molar-refractivity contribution in [2.75, 3.05) is 13.7 Å². The van der Waals surface area contributed by atoms with E-state index in [0.717, 1.165) is 0 Å². The second-order valence-electron chi connectivity index (χ2n) is 17.0. The van der Waals surface area contributed by atoms with Crippen molar-refractivity contribution in [1.82, 2.24) is 5.32 Å². The van der Waals surface area contributed by atoms with Gasteiger partial charge < -0.3 is 81.1 Å². The van der Waals surface area contributed by atoms with Gasteiger partial charge in [0.2, 0.25) is 5.91 Å². The highest BCUT2D eigenvalue weighted by molar-refractivity contribution is 5.79. The molecule has 64 heavy (non-hydrogen) atoms. The molecule has 2 bridgehead atoms. The second kappa shape index (κ2) is 27.9. The van der Waals surface area contributed by atoms with Crippen LogP contribution in [0.5, 0.6) is 0 Å². The maximum Gasteiger partial charge on any atom is 0.308 e. The third-order valence-electron chi connectivity index (χ3n) is 11.3. The molecular weight excluding hydrogens is 837 g/mol. The third-order valence-corrected chi connectivity index (χ3v) is 11.3. The first-order chi connectivity index (χ1) is 30.3. The van der Waals surface area contributed by atoms with Gasteiger partial charge in [-0.15, -0.1) is 0 Å². The molecule has 17 atom stereocenters. The molecule has 3 aliphatic rings. The third kappa shape index (κ3) is 19.2. The summed E-state index contributed by atoms with van der Waals surface area (Å²) in [6.45, 7) is 3.22. The van der Waals surface area contributed by atoms with Gasteiger partial charge in [0.1, 0.15) is 12.2 Å². The van der Waals surface area contributed by atoms with Crippen molar-refractivity contribution >= 4 is 11.9 Å². The van der Waals surface area contributed by atoms with Crippen LogP contribution in [-0.4, -0.2) is 168 Å². The van der Waals surface area contributed by atoms with E-state index in [4.69, 9.17) is 24.7 Å². The lowest BCUT2D eigenvalue weighted by molar-refractivity contribution is -0.304. The molecule has 3 rings (SSSR count). The minimum absolute atomic E-state index is 0.0849. The van der Waals surface area contributed by atoms with Crippen molar-refractivity contribution in [3.63, 3.8) is 0 Å². The van der Waals surface area contributed by atoms with Crippen molar-refractivity contribution in [1.29, 1.82) is 0 Å². The van der Waals surface area contributed by atoms with Crippen LogP contribution >= 0.6 is 0 Å². The van der Waals surface area contributed by atoms with Gasteiger partial charge in [-0.25, -0.2) is 0 Å². The number of aliphatic hydroxyl groups is 10. The fourth-order valence-electron chi connectivity index (χ4n) is 7.68. The van der Waals surface area contributed by atoms with Crippen LogP contribution in [0.4, 0.5) is 0 Å². The predicted octanol–water partition coefficient (Wildman–Crippen LogP) is -0.261. The molecule has 0 spiro atoms. The van der Waals surface area contributed by atoms with Gasteiger partial charge in [0.25, 0.3) is 0 Å². The zero-order chi connectivity index (χ0) is 47.4. The van der Waals surface area contributed by atoms with Crippen molar-refractivity contribution in [2.45, 2.75) is 163 Å². The summed E-state index contributed by atoms with van der Waals surface area (Å²) in [5, 5.41) is 110. The number of amides is 1. The first kappa shape index (κ1) is 54.9. The quantitative estimate of drug-likeness (QED) is 0.162. The fourth-order valence-corrected chi connectivity index (χ4v) is 7.68. The second-order valence-corrected chi connectivity index (χ2v) is 17.0. The number of nitrogens with two attached hydrogens (primary N) is 1. The van der Waals surface area contributed by atoms with Crippen LogP contribution in [0.15, 0.2) is 85.1 Å². The summed E-state index contributed by atoms with van der Waals surface area (Å²) in [6.07, 6.45) is 6.14. The normalized spacial score (nSPS) is 43.6. The topological polar surface area (TPSA) is 311 Å². The maximum atomic E-state index is 13.1. The summed E-state index contributed by atoms with van der Waals surface area (Å²) < 4.78 is 23.1. The molecule has 6 unspecified atom stereocenters. The van der Waals surface area contributed by atoms with E-state index >= 15 is 0 Å². The first-order valence-corrected chi connectivity index (χ1v) is 22.0. The zero-order valence-corrected chi connectivity index (χ0v) is 36.9. The molecule has 1 amide bonds. The highest BCUT2D eigenvalue weighted by Crippen LogP contribution is 2.38. The molecule has 3 heterocycles. The summed E-state index contributed by atoms with van der Waals surface area (Å²) >= 11 is 0. The number of fused-ring (bicyclic) bond motifs is 2. The Hall–Kier alpha value is -3.44. The number of nitrogens with one attached hydrogen (secondary N) is 1. The van der Waals surface area contributed by atoms with E-state index in [2.05, 4.69) is 5.32 Å². The summed E-state index contributed by atoms with van der Waals surface area (Å²) in [5.41, 5.74) is 5.97.